The maximum absolute atomic E-state index is 12.7. The van der Waals surface area contributed by atoms with Crippen molar-refractivity contribution in [3.8, 4) is 0 Å². The Morgan fingerprint density at radius 3 is 2.42 bits per heavy atom. The molecule has 1 unspecified atom stereocenters. The van der Waals surface area contributed by atoms with Gasteiger partial charge in [0.1, 0.15) is 0 Å². The molecule has 0 heterocycles. The first-order chi connectivity index (χ1) is 8.99. The fraction of sp³-hybridized carbons (Fsp3) is 0.462. The predicted octanol–water partition coefficient (Wildman–Crippen LogP) is 1.24. The minimum Gasteiger partial charge on any atom is -0.370 e. The van der Waals surface area contributed by atoms with Gasteiger partial charge in [0.15, 0.2) is 5.96 Å². The SMILES string of the molecule is Cc1ccc(CNCC(CN=C(N)N)C(F)F)cc1. The van der Waals surface area contributed by atoms with E-state index >= 15 is 0 Å². The van der Waals surface area contributed by atoms with Crippen molar-refractivity contribution >= 4 is 5.96 Å². The van der Waals surface area contributed by atoms with E-state index in [1.54, 1.807) is 0 Å². The molecule has 0 spiro atoms. The largest absolute Gasteiger partial charge is 0.370 e. The van der Waals surface area contributed by atoms with Crippen LogP contribution in [-0.4, -0.2) is 25.5 Å². The minimum absolute atomic E-state index is 0.0686. The monoisotopic (exact) mass is 270 g/mol. The van der Waals surface area contributed by atoms with E-state index in [4.69, 9.17) is 11.5 Å². The van der Waals surface area contributed by atoms with Crippen LogP contribution in [0.2, 0.25) is 0 Å². The third-order valence-electron chi connectivity index (χ3n) is 2.72. The number of hydrogen-bond acceptors (Lipinski definition) is 2. The van der Waals surface area contributed by atoms with Gasteiger partial charge in [-0.2, -0.15) is 0 Å². The molecule has 6 heteroatoms. The highest BCUT2D eigenvalue weighted by atomic mass is 19.3. The summed E-state index contributed by atoms with van der Waals surface area (Å²) in [7, 11) is 0. The smallest absolute Gasteiger partial charge is 0.244 e. The lowest BCUT2D eigenvalue weighted by Gasteiger charge is -2.14. The number of hydrogen-bond donors (Lipinski definition) is 3. The maximum Gasteiger partial charge on any atom is 0.244 e. The van der Waals surface area contributed by atoms with Crippen molar-refractivity contribution in [2.45, 2.75) is 19.9 Å². The Bertz CT molecular complexity index is 400. The van der Waals surface area contributed by atoms with Crippen LogP contribution in [0.4, 0.5) is 8.78 Å². The number of halogens is 2. The number of nitrogens with one attached hydrogen (secondary N) is 1. The number of aryl methyl sites for hydroxylation is 1. The summed E-state index contributed by atoms with van der Waals surface area (Å²) in [5.74, 6) is -1.04. The number of nitrogens with two attached hydrogens (primary N) is 2. The van der Waals surface area contributed by atoms with E-state index in [9.17, 15) is 8.78 Å². The average Bonchev–Trinajstić information content (AvgIpc) is 2.35. The summed E-state index contributed by atoms with van der Waals surface area (Å²) in [6.45, 7) is 2.65. The van der Waals surface area contributed by atoms with Crippen LogP contribution >= 0.6 is 0 Å². The van der Waals surface area contributed by atoms with Crippen LogP contribution in [0.15, 0.2) is 29.3 Å². The quantitative estimate of drug-likeness (QED) is 0.515. The highest BCUT2D eigenvalue weighted by Gasteiger charge is 2.19. The lowest BCUT2D eigenvalue weighted by atomic mass is 10.1. The first kappa shape index (κ1) is 15.4. The summed E-state index contributed by atoms with van der Waals surface area (Å²) in [5, 5.41) is 3.00. The van der Waals surface area contributed by atoms with Crippen molar-refractivity contribution in [1.82, 2.24) is 5.32 Å². The predicted molar refractivity (Wildman–Crippen MR) is 73.1 cm³/mol. The Hall–Kier alpha value is -1.69. The summed E-state index contributed by atoms with van der Waals surface area (Å²) >= 11 is 0. The van der Waals surface area contributed by atoms with E-state index < -0.39 is 12.3 Å². The van der Waals surface area contributed by atoms with Crippen molar-refractivity contribution in [3.63, 3.8) is 0 Å². The standard InChI is InChI=1S/C13H20F2N4/c1-9-2-4-10(5-3-9)6-18-7-11(12(14)15)8-19-13(16)17/h2-5,11-12,18H,6-8H2,1H3,(H4,16,17,19). The fourth-order valence-corrected chi connectivity index (χ4v) is 1.56. The third kappa shape index (κ3) is 6.15. The summed E-state index contributed by atoms with van der Waals surface area (Å²) in [6, 6.07) is 7.91. The van der Waals surface area contributed by atoms with E-state index in [2.05, 4.69) is 10.3 Å². The lowest BCUT2D eigenvalue weighted by molar-refractivity contribution is 0.0810. The molecule has 0 amide bonds. The Morgan fingerprint density at radius 2 is 1.89 bits per heavy atom. The highest BCUT2D eigenvalue weighted by molar-refractivity contribution is 5.75. The Balaban J connectivity index is 2.39. The van der Waals surface area contributed by atoms with Gasteiger partial charge in [-0.25, -0.2) is 8.78 Å². The third-order valence-corrected chi connectivity index (χ3v) is 2.72. The van der Waals surface area contributed by atoms with Crippen molar-refractivity contribution in [2.24, 2.45) is 22.4 Å². The zero-order chi connectivity index (χ0) is 14.3. The summed E-state index contributed by atoms with van der Waals surface area (Å²) in [5.41, 5.74) is 12.5. The molecule has 0 fully saturated rings. The number of rotatable bonds is 7. The zero-order valence-electron chi connectivity index (χ0n) is 10.9. The van der Waals surface area contributed by atoms with Gasteiger partial charge in [0.05, 0.1) is 12.5 Å². The van der Waals surface area contributed by atoms with E-state index in [1.807, 2.05) is 31.2 Å². The van der Waals surface area contributed by atoms with Gasteiger partial charge in [-0.1, -0.05) is 29.8 Å². The summed E-state index contributed by atoms with van der Waals surface area (Å²) in [6.07, 6.45) is -2.45. The molecule has 0 aliphatic rings. The number of benzene rings is 1. The molecule has 0 aliphatic heterocycles. The molecule has 1 rings (SSSR count). The second-order valence-corrected chi connectivity index (χ2v) is 4.48. The molecule has 19 heavy (non-hydrogen) atoms. The van der Waals surface area contributed by atoms with Gasteiger partial charge >= 0.3 is 0 Å². The summed E-state index contributed by atoms with van der Waals surface area (Å²) < 4.78 is 25.5. The minimum atomic E-state index is -2.45. The van der Waals surface area contributed by atoms with Gasteiger partial charge < -0.3 is 16.8 Å². The molecule has 0 bridgehead atoms. The number of aliphatic imine (C=N–C) groups is 1. The molecule has 0 saturated heterocycles. The Labute approximate surface area is 111 Å². The molecule has 0 aromatic heterocycles. The van der Waals surface area contributed by atoms with Crippen LogP contribution in [0.1, 0.15) is 11.1 Å². The second-order valence-electron chi connectivity index (χ2n) is 4.48. The molecular weight excluding hydrogens is 250 g/mol. The van der Waals surface area contributed by atoms with Crippen LogP contribution in [0.25, 0.3) is 0 Å². The number of alkyl halides is 2. The molecule has 5 N–H and O–H groups in total. The van der Waals surface area contributed by atoms with Crippen LogP contribution in [0.5, 0.6) is 0 Å². The van der Waals surface area contributed by atoms with Crippen LogP contribution < -0.4 is 16.8 Å². The van der Waals surface area contributed by atoms with Crippen molar-refractivity contribution in [1.29, 1.82) is 0 Å². The highest BCUT2D eigenvalue weighted by Crippen LogP contribution is 2.10. The van der Waals surface area contributed by atoms with Crippen molar-refractivity contribution < 1.29 is 8.78 Å². The lowest BCUT2D eigenvalue weighted by Crippen LogP contribution is -2.31. The molecule has 1 aromatic rings. The van der Waals surface area contributed by atoms with Crippen molar-refractivity contribution in [2.75, 3.05) is 13.1 Å². The van der Waals surface area contributed by atoms with E-state index in [-0.39, 0.29) is 19.0 Å². The van der Waals surface area contributed by atoms with Gasteiger partial charge in [0, 0.05) is 13.1 Å². The normalized spacial score (nSPS) is 12.4. The first-order valence-corrected chi connectivity index (χ1v) is 6.09. The molecule has 1 atom stereocenters. The molecule has 1 aromatic carbocycles. The van der Waals surface area contributed by atoms with Gasteiger partial charge in [-0.15, -0.1) is 0 Å². The first-order valence-electron chi connectivity index (χ1n) is 6.09. The Kier molecular flexibility index (Phi) is 6.21. The van der Waals surface area contributed by atoms with E-state index in [0.29, 0.717) is 6.54 Å². The topological polar surface area (TPSA) is 76.4 Å². The molecule has 4 nitrogen and oxygen atoms in total. The molecule has 0 radical (unpaired) electrons. The van der Waals surface area contributed by atoms with E-state index in [1.165, 1.54) is 5.56 Å². The van der Waals surface area contributed by atoms with Crippen LogP contribution in [0, 0.1) is 12.8 Å². The van der Waals surface area contributed by atoms with E-state index in [0.717, 1.165) is 5.56 Å². The van der Waals surface area contributed by atoms with Gasteiger partial charge in [0.2, 0.25) is 6.43 Å². The van der Waals surface area contributed by atoms with Crippen molar-refractivity contribution in [3.05, 3.63) is 35.4 Å². The Morgan fingerprint density at radius 1 is 1.26 bits per heavy atom. The van der Waals surface area contributed by atoms with Crippen LogP contribution in [0.3, 0.4) is 0 Å². The molecule has 0 saturated carbocycles. The van der Waals surface area contributed by atoms with Gasteiger partial charge in [-0.3, -0.25) is 4.99 Å². The van der Waals surface area contributed by atoms with Gasteiger partial charge in [-0.05, 0) is 12.5 Å². The molecular formula is C13H20F2N4. The second kappa shape index (κ2) is 7.68. The molecule has 106 valence electrons. The number of guanidine groups is 1. The fourth-order valence-electron chi connectivity index (χ4n) is 1.56. The maximum atomic E-state index is 12.7. The number of nitrogens with zero attached hydrogens (tertiary/aromatic N) is 1. The zero-order valence-corrected chi connectivity index (χ0v) is 10.9. The average molecular weight is 270 g/mol. The molecule has 0 aliphatic carbocycles. The summed E-state index contributed by atoms with van der Waals surface area (Å²) in [4.78, 5) is 3.64. The van der Waals surface area contributed by atoms with Crippen LogP contribution in [-0.2, 0) is 6.54 Å². The van der Waals surface area contributed by atoms with Gasteiger partial charge in [0.25, 0.3) is 0 Å².